The molecule has 2 aromatic carbocycles. The van der Waals surface area contributed by atoms with Crippen molar-refractivity contribution in [3.05, 3.63) is 59.7 Å². The van der Waals surface area contributed by atoms with Crippen LogP contribution in [0.15, 0.2) is 58.4 Å². The van der Waals surface area contributed by atoms with Crippen molar-refractivity contribution in [2.45, 2.75) is 4.90 Å². The molecule has 0 saturated carbocycles. The lowest BCUT2D eigenvalue weighted by molar-refractivity contribution is 0.0601. The van der Waals surface area contributed by atoms with Crippen molar-refractivity contribution in [1.82, 2.24) is 0 Å². The van der Waals surface area contributed by atoms with Gasteiger partial charge in [-0.15, -0.1) is 12.6 Å². The van der Waals surface area contributed by atoms with E-state index in [0.29, 0.717) is 5.56 Å². The Balaban J connectivity index is 2.16. The third kappa shape index (κ3) is 3.45. The average Bonchev–Trinajstić information content (AvgIpc) is 2.46. The first-order valence-corrected chi connectivity index (χ1v) is 6.16. The van der Waals surface area contributed by atoms with Gasteiger partial charge in [0.25, 0.3) is 0 Å². The summed E-state index contributed by atoms with van der Waals surface area (Å²) in [6.07, 6.45) is 1.73. The number of carbonyl (C=O) groups excluding carboxylic acids is 1. The first-order chi connectivity index (χ1) is 9.20. The summed E-state index contributed by atoms with van der Waals surface area (Å²) in [6, 6.07) is 14.6. The zero-order valence-electron chi connectivity index (χ0n) is 10.4. The van der Waals surface area contributed by atoms with E-state index in [4.69, 9.17) is 0 Å². The summed E-state index contributed by atoms with van der Waals surface area (Å²) in [5, 5.41) is 0. The molecule has 0 amide bonds. The minimum atomic E-state index is -0.343. The third-order valence-electron chi connectivity index (χ3n) is 2.57. The molecule has 0 unspecified atom stereocenters. The number of hydrogen-bond donors (Lipinski definition) is 1. The lowest BCUT2D eigenvalue weighted by atomic mass is 10.1. The van der Waals surface area contributed by atoms with Gasteiger partial charge in [0.15, 0.2) is 0 Å². The van der Waals surface area contributed by atoms with Gasteiger partial charge < -0.3 is 4.74 Å². The minimum Gasteiger partial charge on any atom is -0.465 e. The number of benzene rings is 2. The SMILES string of the molecule is COC(=O)c1ccc(C=Nc2ccccc2S)cc1. The Morgan fingerprint density at radius 2 is 1.84 bits per heavy atom. The summed E-state index contributed by atoms with van der Waals surface area (Å²) in [6.45, 7) is 0. The zero-order valence-corrected chi connectivity index (χ0v) is 11.3. The van der Waals surface area contributed by atoms with Crippen LogP contribution < -0.4 is 0 Å². The number of methoxy groups -OCH3 is 1. The van der Waals surface area contributed by atoms with E-state index < -0.39 is 0 Å². The van der Waals surface area contributed by atoms with Gasteiger partial charge in [0.1, 0.15) is 0 Å². The van der Waals surface area contributed by atoms with Crippen molar-refractivity contribution >= 4 is 30.5 Å². The van der Waals surface area contributed by atoms with Crippen LogP contribution >= 0.6 is 12.6 Å². The van der Waals surface area contributed by atoms with Crippen molar-refractivity contribution in [2.24, 2.45) is 4.99 Å². The monoisotopic (exact) mass is 271 g/mol. The Bertz CT molecular complexity index is 606. The summed E-state index contributed by atoms with van der Waals surface area (Å²) < 4.78 is 4.64. The fraction of sp³-hybridized carbons (Fsp3) is 0.0667. The molecule has 4 heteroatoms. The molecule has 2 aromatic rings. The Morgan fingerprint density at radius 1 is 1.16 bits per heavy atom. The molecule has 0 fully saturated rings. The number of para-hydroxylation sites is 1. The molecule has 96 valence electrons. The topological polar surface area (TPSA) is 38.7 Å². The molecule has 3 nitrogen and oxygen atoms in total. The highest BCUT2D eigenvalue weighted by atomic mass is 32.1. The van der Waals surface area contributed by atoms with Crippen molar-refractivity contribution < 1.29 is 9.53 Å². The number of hydrogen-bond acceptors (Lipinski definition) is 4. The van der Waals surface area contributed by atoms with Gasteiger partial charge in [-0.3, -0.25) is 4.99 Å². The van der Waals surface area contributed by atoms with Gasteiger partial charge in [-0.05, 0) is 29.8 Å². The lowest BCUT2D eigenvalue weighted by Gasteiger charge is -2.00. The fourth-order valence-electron chi connectivity index (χ4n) is 1.54. The second kappa shape index (κ2) is 6.20. The van der Waals surface area contributed by atoms with E-state index in [1.807, 2.05) is 36.4 Å². The van der Waals surface area contributed by atoms with Crippen LogP contribution in [0.4, 0.5) is 5.69 Å². The second-order valence-electron chi connectivity index (χ2n) is 3.86. The number of esters is 1. The number of ether oxygens (including phenoxy) is 1. The molecule has 0 N–H and O–H groups in total. The maximum atomic E-state index is 11.3. The maximum absolute atomic E-state index is 11.3. The molecule has 0 aliphatic carbocycles. The van der Waals surface area contributed by atoms with E-state index in [2.05, 4.69) is 22.4 Å². The van der Waals surface area contributed by atoms with Crippen LogP contribution in [0.1, 0.15) is 15.9 Å². The van der Waals surface area contributed by atoms with Gasteiger partial charge in [0, 0.05) is 11.1 Å². The molecule has 0 bridgehead atoms. The predicted molar refractivity (Wildman–Crippen MR) is 78.7 cm³/mol. The van der Waals surface area contributed by atoms with E-state index in [1.54, 1.807) is 18.3 Å². The summed E-state index contributed by atoms with van der Waals surface area (Å²) in [5.74, 6) is -0.343. The third-order valence-corrected chi connectivity index (χ3v) is 2.94. The molecule has 0 aliphatic rings. The Kier molecular flexibility index (Phi) is 4.36. The van der Waals surface area contributed by atoms with Crippen LogP contribution in [0.3, 0.4) is 0 Å². The molecule has 0 saturated heterocycles. The highest BCUT2D eigenvalue weighted by Gasteiger charge is 2.03. The number of thiol groups is 1. The lowest BCUT2D eigenvalue weighted by Crippen LogP contribution is -2.00. The van der Waals surface area contributed by atoms with Crippen molar-refractivity contribution in [2.75, 3.05) is 7.11 Å². The van der Waals surface area contributed by atoms with Crippen LogP contribution in [-0.2, 0) is 4.74 Å². The summed E-state index contributed by atoms with van der Waals surface area (Å²) >= 11 is 4.33. The smallest absolute Gasteiger partial charge is 0.337 e. The van der Waals surface area contributed by atoms with E-state index in [-0.39, 0.29) is 5.97 Å². The Morgan fingerprint density at radius 3 is 2.47 bits per heavy atom. The molecule has 0 aliphatic heterocycles. The Labute approximate surface area is 117 Å². The van der Waals surface area contributed by atoms with E-state index in [9.17, 15) is 4.79 Å². The van der Waals surface area contributed by atoms with Gasteiger partial charge in [-0.1, -0.05) is 24.3 Å². The quantitative estimate of drug-likeness (QED) is 0.527. The normalized spacial score (nSPS) is 10.6. The molecular formula is C15H13NO2S. The first-order valence-electron chi connectivity index (χ1n) is 5.71. The van der Waals surface area contributed by atoms with E-state index in [0.717, 1.165) is 16.1 Å². The van der Waals surface area contributed by atoms with Crippen LogP contribution in [0.2, 0.25) is 0 Å². The van der Waals surface area contributed by atoms with E-state index >= 15 is 0 Å². The van der Waals surface area contributed by atoms with Gasteiger partial charge in [0.2, 0.25) is 0 Å². The second-order valence-corrected chi connectivity index (χ2v) is 4.34. The highest BCUT2D eigenvalue weighted by molar-refractivity contribution is 7.80. The fourth-order valence-corrected chi connectivity index (χ4v) is 1.76. The van der Waals surface area contributed by atoms with Crippen molar-refractivity contribution in [3.8, 4) is 0 Å². The van der Waals surface area contributed by atoms with Crippen molar-refractivity contribution in [3.63, 3.8) is 0 Å². The summed E-state index contributed by atoms with van der Waals surface area (Å²) in [4.78, 5) is 16.5. The molecule has 0 atom stereocenters. The standard InChI is InChI=1S/C15H13NO2S/c1-18-15(17)12-8-6-11(7-9-12)10-16-13-4-2-3-5-14(13)19/h2-10,19H,1H3. The molecule has 0 spiro atoms. The number of carbonyl (C=O) groups is 1. The summed E-state index contributed by atoms with van der Waals surface area (Å²) in [7, 11) is 1.36. The maximum Gasteiger partial charge on any atom is 0.337 e. The Hall–Kier alpha value is -2.07. The van der Waals surface area contributed by atoms with Gasteiger partial charge in [0.05, 0.1) is 18.4 Å². The summed E-state index contributed by atoms with van der Waals surface area (Å²) in [5.41, 5.74) is 2.24. The van der Waals surface area contributed by atoms with Crippen LogP contribution in [0.25, 0.3) is 0 Å². The molecule has 2 rings (SSSR count). The zero-order chi connectivity index (χ0) is 13.7. The first kappa shape index (κ1) is 13.4. The number of rotatable bonds is 3. The molecule has 0 heterocycles. The van der Waals surface area contributed by atoms with Gasteiger partial charge >= 0.3 is 5.97 Å². The van der Waals surface area contributed by atoms with Gasteiger partial charge in [-0.25, -0.2) is 4.79 Å². The van der Waals surface area contributed by atoms with Crippen LogP contribution in [0, 0.1) is 0 Å². The van der Waals surface area contributed by atoms with E-state index in [1.165, 1.54) is 7.11 Å². The largest absolute Gasteiger partial charge is 0.465 e. The predicted octanol–water partition coefficient (Wildman–Crippen LogP) is 3.51. The van der Waals surface area contributed by atoms with Crippen LogP contribution in [-0.4, -0.2) is 19.3 Å². The van der Waals surface area contributed by atoms with Crippen molar-refractivity contribution in [1.29, 1.82) is 0 Å². The number of nitrogens with zero attached hydrogens (tertiary/aromatic N) is 1. The molecule has 0 radical (unpaired) electrons. The van der Waals surface area contributed by atoms with Gasteiger partial charge in [-0.2, -0.15) is 0 Å². The highest BCUT2D eigenvalue weighted by Crippen LogP contribution is 2.21. The minimum absolute atomic E-state index is 0.343. The molecule has 0 aromatic heterocycles. The average molecular weight is 271 g/mol. The molecular weight excluding hydrogens is 258 g/mol. The van der Waals surface area contributed by atoms with Crippen LogP contribution in [0.5, 0.6) is 0 Å². The molecule has 19 heavy (non-hydrogen) atoms. The number of aliphatic imine (C=N–C) groups is 1.